The molecule has 0 aromatic heterocycles. The summed E-state index contributed by atoms with van der Waals surface area (Å²) in [6.07, 6.45) is 3.48. The maximum atomic E-state index is 10.8. The van der Waals surface area contributed by atoms with Crippen molar-refractivity contribution in [1.29, 1.82) is 0 Å². The van der Waals surface area contributed by atoms with Crippen molar-refractivity contribution >= 4 is 23.7 Å². The lowest BCUT2D eigenvalue weighted by molar-refractivity contribution is -0.132. The average molecular weight is 303 g/mol. The van der Waals surface area contributed by atoms with E-state index < -0.39 is 5.97 Å². The quantitative estimate of drug-likeness (QED) is 0.496. The van der Waals surface area contributed by atoms with Crippen LogP contribution in [-0.4, -0.2) is 11.1 Å². The van der Waals surface area contributed by atoms with Crippen LogP contribution in [-0.2, 0) is 4.79 Å². The molecule has 3 heteroatoms. The van der Waals surface area contributed by atoms with Gasteiger partial charge in [0.25, 0.3) is 5.70 Å². The van der Waals surface area contributed by atoms with E-state index in [4.69, 9.17) is 11.7 Å². The van der Waals surface area contributed by atoms with E-state index >= 15 is 0 Å². The molecule has 0 amide bonds. The Morgan fingerprint density at radius 3 is 2.04 bits per heavy atom. The van der Waals surface area contributed by atoms with Crippen molar-refractivity contribution in [2.45, 2.75) is 13.8 Å². The Balaban J connectivity index is 2.24. The predicted octanol–water partition coefficient (Wildman–Crippen LogP) is 4.90. The van der Waals surface area contributed by atoms with Crippen LogP contribution in [0.25, 0.3) is 22.6 Å². The molecule has 0 atom stereocenters. The molecule has 0 radical (unpaired) electrons. The number of rotatable bonds is 4. The van der Waals surface area contributed by atoms with Gasteiger partial charge in [-0.3, -0.25) is 4.79 Å². The Kier molecular flexibility index (Phi) is 5.11. The number of hydrogen-bond donors (Lipinski definition) is 1. The second-order valence-electron chi connectivity index (χ2n) is 5.31. The standard InChI is InChI=1S/C20H17NO2/c1-14-4-6-16(7-5-14)12-15(2)18-10-8-17(9-11-18)13-19(21-3)20(22)23/h4-13H,1-2H3,(H,22,23)/b15-12-,19-13-. The number of nitrogens with zero attached hydrogens (tertiary/aromatic N) is 1. The fourth-order valence-electron chi connectivity index (χ4n) is 2.14. The van der Waals surface area contributed by atoms with Crippen molar-refractivity contribution in [2.24, 2.45) is 0 Å². The van der Waals surface area contributed by atoms with Crippen LogP contribution in [0.3, 0.4) is 0 Å². The molecule has 0 saturated carbocycles. The van der Waals surface area contributed by atoms with Crippen molar-refractivity contribution in [1.82, 2.24) is 0 Å². The minimum atomic E-state index is -1.21. The van der Waals surface area contributed by atoms with Gasteiger partial charge in [0.05, 0.1) is 6.57 Å². The van der Waals surface area contributed by atoms with E-state index in [0.29, 0.717) is 5.56 Å². The highest BCUT2D eigenvalue weighted by Gasteiger charge is 2.06. The van der Waals surface area contributed by atoms with Crippen LogP contribution >= 0.6 is 0 Å². The fraction of sp³-hybridized carbons (Fsp3) is 0.100. The van der Waals surface area contributed by atoms with Crippen molar-refractivity contribution < 1.29 is 9.90 Å². The van der Waals surface area contributed by atoms with E-state index in [-0.39, 0.29) is 5.70 Å². The third kappa shape index (κ3) is 4.42. The highest BCUT2D eigenvalue weighted by Crippen LogP contribution is 2.19. The van der Waals surface area contributed by atoms with Gasteiger partial charge in [-0.25, -0.2) is 4.85 Å². The van der Waals surface area contributed by atoms with E-state index in [1.807, 2.05) is 31.2 Å². The van der Waals surface area contributed by atoms with Gasteiger partial charge in [-0.15, -0.1) is 0 Å². The van der Waals surface area contributed by atoms with Crippen LogP contribution in [0.15, 0.2) is 54.2 Å². The summed E-state index contributed by atoms with van der Waals surface area (Å²) in [5.74, 6) is -1.21. The Morgan fingerprint density at radius 2 is 1.52 bits per heavy atom. The molecule has 2 aromatic rings. The maximum absolute atomic E-state index is 10.8. The Morgan fingerprint density at radius 1 is 1.00 bits per heavy atom. The zero-order chi connectivity index (χ0) is 16.8. The molecule has 114 valence electrons. The van der Waals surface area contributed by atoms with Crippen LogP contribution in [0.5, 0.6) is 0 Å². The van der Waals surface area contributed by atoms with Gasteiger partial charge in [0.15, 0.2) is 0 Å². The molecule has 3 nitrogen and oxygen atoms in total. The topological polar surface area (TPSA) is 41.7 Å². The van der Waals surface area contributed by atoms with Crippen LogP contribution in [0.2, 0.25) is 0 Å². The lowest BCUT2D eigenvalue weighted by Gasteiger charge is -2.04. The summed E-state index contributed by atoms with van der Waals surface area (Å²) in [5.41, 5.74) is 4.95. The third-order valence-corrected chi connectivity index (χ3v) is 3.47. The molecule has 0 saturated heterocycles. The fourth-order valence-corrected chi connectivity index (χ4v) is 2.14. The summed E-state index contributed by atoms with van der Waals surface area (Å²) in [6, 6.07) is 15.8. The number of aryl methyl sites for hydroxylation is 1. The molecular formula is C20H17NO2. The van der Waals surface area contributed by atoms with Gasteiger partial charge in [0.1, 0.15) is 0 Å². The van der Waals surface area contributed by atoms with Gasteiger partial charge in [0.2, 0.25) is 0 Å². The molecule has 0 spiro atoms. The summed E-state index contributed by atoms with van der Waals surface area (Å²) in [5, 5.41) is 8.87. The molecular weight excluding hydrogens is 286 g/mol. The van der Waals surface area contributed by atoms with E-state index in [2.05, 4.69) is 42.1 Å². The number of carboxylic acids is 1. The molecule has 0 aliphatic carbocycles. The van der Waals surface area contributed by atoms with Crippen molar-refractivity contribution in [3.05, 3.63) is 87.9 Å². The minimum Gasteiger partial charge on any atom is -0.486 e. The number of carbonyl (C=O) groups is 1. The van der Waals surface area contributed by atoms with E-state index in [1.54, 1.807) is 0 Å². The zero-order valence-corrected chi connectivity index (χ0v) is 13.1. The lowest BCUT2D eigenvalue weighted by Crippen LogP contribution is -1.95. The van der Waals surface area contributed by atoms with Gasteiger partial charge in [-0.05, 0) is 42.2 Å². The summed E-state index contributed by atoms with van der Waals surface area (Å²) in [4.78, 5) is 13.8. The van der Waals surface area contributed by atoms with Gasteiger partial charge >= 0.3 is 5.97 Å². The van der Waals surface area contributed by atoms with Crippen LogP contribution in [0, 0.1) is 13.5 Å². The predicted molar refractivity (Wildman–Crippen MR) is 93.4 cm³/mol. The minimum absolute atomic E-state index is 0.287. The molecule has 0 fully saturated rings. The van der Waals surface area contributed by atoms with E-state index in [9.17, 15) is 4.79 Å². The van der Waals surface area contributed by atoms with Gasteiger partial charge in [-0.1, -0.05) is 60.2 Å². The Bertz CT molecular complexity index is 804. The first kappa shape index (κ1) is 16.3. The van der Waals surface area contributed by atoms with Crippen molar-refractivity contribution in [3.63, 3.8) is 0 Å². The van der Waals surface area contributed by atoms with E-state index in [1.165, 1.54) is 11.6 Å². The molecule has 0 aliphatic rings. The molecule has 0 bridgehead atoms. The number of allylic oxidation sites excluding steroid dienone is 1. The molecule has 1 N–H and O–H groups in total. The average Bonchev–Trinajstić information content (AvgIpc) is 2.55. The summed E-state index contributed by atoms with van der Waals surface area (Å²) in [7, 11) is 0. The molecule has 2 rings (SSSR count). The monoisotopic (exact) mass is 303 g/mol. The first-order valence-electron chi connectivity index (χ1n) is 7.17. The normalized spacial score (nSPS) is 11.9. The van der Waals surface area contributed by atoms with Gasteiger partial charge in [0, 0.05) is 0 Å². The second-order valence-corrected chi connectivity index (χ2v) is 5.31. The Labute approximate surface area is 136 Å². The largest absolute Gasteiger partial charge is 0.486 e. The Hall–Kier alpha value is -3.12. The first-order chi connectivity index (χ1) is 11.0. The molecule has 23 heavy (non-hydrogen) atoms. The molecule has 0 heterocycles. The third-order valence-electron chi connectivity index (χ3n) is 3.47. The smallest absolute Gasteiger partial charge is 0.333 e. The zero-order valence-electron chi connectivity index (χ0n) is 13.1. The maximum Gasteiger partial charge on any atom is 0.333 e. The van der Waals surface area contributed by atoms with Gasteiger partial charge < -0.3 is 5.11 Å². The lowest BCUT2D eigenvalue weighted by atomic mass is 10.0. The van der Waals surface area contributed by atoms with E-state index in [0.717, 1.165) is 16.7 Å². The number of benzene rings is 2. The molecule has 2 aromatic carbocycles. The number of aliphatic carboxylic acids is 1. The molecule has 0 unspecified atom stereocenters. The number of carboxylic acid groups (broad SMARTS) is 1. The van der Waals surface area contributed by atoms with Crippen molar-refractivity contribution in [3.8, 4) is 0 Å². The highest BCUT2D eigenvalue weighted by molar-refractivity contribution is 5.94. The summed E-state index contributed by atoms with van der Waals surface area (Å²) >= 11 is 0. The van der Waals surface area contributed by atoms with Gasteiger partial charge in [-0.2, -0.15) is 0 Å². The van der Waals surface area contributed by atoms with Crippen LogP contribution in [0.1, 0.15) is 29.2 Å². The second kappa shape index (κ2) is 7.24. The summed E-state index contributed by atoms with van der Waals surface area (Å²) in [6.45, 7) is 10.9. The van der Waals surface area contributed by atoms with Crippen molar-refractivity contribution in [2.75, 3.05) is 0 Å². The number of hydrogen-bond acceptors (Lipinski definition) is 1. The van der Waals surface area contributed by atoms with Crippen LogP contribution < -0.4 is 0 Å². The summed E-state index contributed by atoms with van der Waals surface area (Å²) < 4.78 is 0. The first-order valence-corrected chi connectivity index (χ1v) is 7.17. The highest BCUT2D eigenvalue weighted by atomic mass is 16.4. The molecule has 0 aliphatic heterocycles. The SMILES string of the molecule is [C-]#[N+]/C(=C\c1ccc(/C(C)=C\c2ccc(C)cc2)cc1)C(=O)O. The van der Waals surface area contributed by atoms with Crippen LogP contribution in [0.4, 0.5) is 0 Å².